The van der Waals surface area contributed by atoms with Crippen LogP contribution in [0, 0.1) is 0 Å². The van der Waals surface area contributed by atoms with Gasteiger partial charge in [0.1, 0.15) is 19.0 Å². The van der Waals surface area contributed by atoms with E-state index in [1.165, 1.54) is 5.56 Å². The summed E-state index contributed by atoms with van der Waals surface area (Å²) in [6, 6.07) is 26.4. The minimum absolute atomic E-state index is 0.238. The molecule has 0 atom stereocenters. The van der Waals surface area contributed by atoms with Gasteiger partial charge in [-0.1, -0.05) is 72.8 Å². The summed E-state index contributed by atoms with van der Waals surface area (Å²) in [6.45, 7) is 1.97. The van der Waals surface area contributed by atoms with E-state index in [2.05, 4.69) is 4.74 Å². The van der Waals surface area contributed by atoms with Crippen molar-refractivity contribution in [3.05, 3.63) is 102 Å². The first-order chi connectivity index (χ1) is 16.5. The third-order valence-electron chi connectivity index (χ3n) is 5.52. The van der Waals surface area contributed by atoms with Crippen molar-refractivity contribution in [2.24, 2.45) is 0 Å². The molecule has 1 N–H and O–H groups in total. The Morgan fingerprint density at radius 1 is 0.794 bits per heavy atom. The normalized spacial score (nSPS) is 13.4. The number of amides is 1. The van der Waals surface area contributed by atoms with Crippen molar-refractivity contribution in [3.8, 4) is 5.75 Å². The second-order valence-corrected chi connectivity index (χ2v) is 8.21. The van der Waals surface area contributed by atoms with Crippen molar-refractivity contribution in [2.45, 2.75) is 32.0 Å². The van der Waals surface area contributed by atoms with Gasteiger partial charge >= 0.3 is 11.5 Å². The minimum atomic E-state index is -0.770. The number of carbonyl (C=O) groups excluding carboxylic acids is 2. The van der Waals surface area contributed by atoms with E-state index in [9.17, 15) is 14.7 Å². The zero-order valence-electron chi connectivity index (χ0n) is 18.8. The number of aromatic hydroxyl groups is 1. The fourth-order valence-electron chi connectivity index (χ4n) is 3.67. The summed E-state index contributed by atoms with van der Waals surface area (Å²) in [5.41, 5.74) is 2.38. The molecule has 34 heavy (non-hydrogen) atoms. The molecule has 3 aromatic carbocycles. The number of likely N-dealkylation sites (tertiary alicyclic amines) is 1. The summed E-state index contributed by atoms with van der Waals surface area (Å²) in [5, 5.41) is 9.35. The Hall–Kier alpha value is -3.51. The molecule has 0 unspecified atom stereocenters. The molecular weight excluding hydrogens is 454 g/mol. The molecular formula is C27H28ClNO5. The lowest BCUT2D eigenvalue weighted by atomic mass is 9.89. The lowest BCUT2D eigenvalue weighted by Crippen LogP contribution is -2.38. The van der Waals surface area contributed by atoms with Gasteiger partial charge in [0.2, 0.25) is 0 Å². The van der Waals surface area contributed by atoms with Gasteiger partial charge in [0.05, 0.1) is 0 Å². The van der Waals surface area contributed by atoms with Crippen LogP contribution in [0.25, 0.3) is 0 Å². The molecule has 1 amide bonds. The Balaban J connectivity index is 0.000000248. The van der Waals surface area contributed by atoms with Gasteiger partial charge in [0.25, 0.3) is 0 Å². The van der Waals surface area contributed by atoms with Gasteiger partial charge in [0.15, 0.2) is 0 Å². The number of piperidine rings is 1. The molecule has 1 aliphatic rings. The highest BCUT2D eigenvalue weighted by Gasteiger charge is 2.24. The lowest BCUT2D eigenvalue weighted by molar-refractivity contribution is 0.0870. The van der Waals surface area contributed by atoms with Crippen LogP contribution in [0.5, 0.6) is 5.75 Å². The average Bonchev–Trinajstić information content (AvgIpc) is 2.88. The molecule has 7 heteroatoms. The molecule has 1 saturated heterocycles. The predicted molar refractivity (Wildman–Crippen MR) is 131 cm³/mol. The van der Waals surface area contributed by atoms with E-state index < -0.39 is 5.43 Å². The SMILES string of the molecule is O=C(Cl)OCc1ccccc1.O=C(OCc1ccccc1)N1CCC(c2ccc(O)cc2)CC1. The molecule has 0 aliphatic carbocycles. The maximum absolute atomic E-state index is 12.1. The molecule has 0 spiro atoms. The Kier molecular flexibility index (Phi) is 9.80. The van der Waals surface area contributed by atoms with Crippen LogP contribution in [-0.2, 0) is 22.7 Å². The van der Waals surface area contributed by atoms with Crippen molar-refractivity contribution >= 4 is 23.1 Å². The molecule has 1 aliphatic heterocycles. The molecule has 6 nitrogen and oxygen atoms in total. The predicted octanol–water partition coefficient (Wildman–Crippen LogP) is 6.47. The fraction of sp³-hybridized carbons (Fsp3) is 0.259. The smallest absolute Gasteiger partial charge is 0.410 e. The summed E-state index contributed by atoms with van der Waals surface area (Å²) >= 11 is 4.97. The number of hydrogen-bond acceptors (Lipinski definition) is 5. The first-order valence-corrected chi connectivity index (χ1v) is 11.5. The zero-order chi connectivity index (χ0) is 24.2. The monoisotopic (exact) mass is 481 g/mol. The van der Waals surface area contributed by atoms with Crippen LogP contribution < -0.4 is 0 Å². The first-order valence-electron chi connectivity index (χ1n) is 11.1. The maximum Gasteiger partial charge on any atom is 0.410 e. The number of carbonyl (C=O) groups is 2. The molecule has 4 rings (SSSR count). The van der Waals surface area contributed by atoms with E-state index in [0.29, 0.717) is 25.6 Å². The highest BCUT2D eigenvalue weighted by Crippen LogP contribution is 2.29. The van der Waals surface area contributed by atoms with Crippen LogP contribution in [0.15, 0.2) is 84.9 Å². The second kappa shape index (κ2) is 13.3. The number of rotatable bonds is 5. The third kappa shape index (κ3) is 8.45. The van der Waals surface area contributed by atoms with Crippen molar-refractivity contribution in [3.63, 3.8) is 0 Å². The van der Waals surface area contributed by atoms with Gasteiger partial charge in [-0.2, -0.15) is 0 Å². The first kappa shape index (κ1) is 25.1. The fourth-order valence-corrected chi connectivity index (χ4v) is 3.72. The Bertz CT molecular complexity index is 1020. The zero-order valence-corrected chi connectivity index (χ0v) is 19.6. The summed E-state index contributed by atoms with van der Waals surface area (Å²) < 4.78 is 9.93. The number of halogens is 1. The van der Waals surface area contributed by atoms with Crippen LogP contribution in [-0.4, -0.2) is 34.6 Å². The molecule has 0 radical (unpaired) electrons. The average molecular weight is 482 g/mol. The van der Waals surface area contributed by atoms with E-state index in [0.717, 1.165) is 24.0 Å². The van der Waals surface area contributed by atoms with Crippen molar-refractivity contribution < 1.29 is 24.2 Å². The highest BCUT2D eigenvalue weighted by molar-refractivity contribution is 6.61. The Morgan fingerprint density at radius 3 is 1.79 bits per heavy atom. The van der Waals surface area contributed by atoms with Gasteiger partial charge in [-0.3, -0.25) is 0 Å². The molecule has 0 bridgehead atoms. The molecule has 0 saturated carbocycles. The molecule has 3 aromatic rings. The van der Waals surface area contributed by atoms with Crippen molar-refractivity contribution in [2.75, 3.05) is 13.1 Å². The van der Waals surface area contributed by atoms with Gasteiger partial charge in [-0.05, 0) is 47.6 Å². The second-order valence-electron chi connectivity index (χ2n) is 7.90. The number of phenols is 1. The van der Waals surface area contributed by atoms with Crippen LogP contribution in [0.4, 0.5) is 9.59 Å². The number of nitrogens with zero attached hydrogens (tertiary/aromatic N) is 1. The van der Waals surface area contributed by atoms with Crippen LogP contribution in [0.1, 0.15) is 35.4 Å². The summed E-state index contributed by atoms with van der Waals surface area (Å²) in [6.07, 6.45) is 1.61. The minimum Gasteiger partial charge on any atom is -0.508 e. The Labute approximate surface area is 204 Å². The third-order valence-corrected chi connectivity index (χ3v) is 5.63. The summed E-state index contributed by atoms with van der Waals surface area (Å²) in [4.78, 5) is 24.1. The van der Waals surface area contributed by atoms with E-state index in [1.807, 2.05) is 72.8 Å². The standard InChI is InChI=1S/C19H21NO3.C8H7ClO2/c21-18-8-6-16(7-9-18)17-10-12-20(13-11-17)19(22)23-14-15-4-2-1-3-5-15;9-8(10)11-6-7-4-2-1-3-5-7/h1-9,17,21H,10-14H2;1-5H,6H2. The van der Waals surface area contributed by atoms with E-state index in [4.69, 9.17) is 16.3 Å². The van der Waals surface area contributed by atoms with Crippen molar-refractivity contribution in [1.82, 2.24) is 4.90 Å². The molecule has 0 aromatic heterocycles. The number of ether oxygens (including phenoxy) is 2. The topological polar surface area (TPSA) is 76.1 Å². The maximum atomic E-state index is 12.1. The Morgan fingerprint density at radius 2 is 1.29 bits per heavy atom. The van der Waals surface area contributed by atoms with Gasteiger partial charge < -0.3 is 19.5 Å². The van der Waals surface area contributed by atoms with Gasteiger partial charge in [-0.15, -0.1) is 0 Å². The molecule has 1 fully saturated rings. The number of benzene rings is 3. The van der Waals surface area contributed by atoms with E-state index in [-0.39, 0.29) is 18.4 Å². The van der Waals surface area contributed by atoms with Gasteiger partial charge in [-0.25, -0.2) is 9.59 Å². The van der Waals surface area contributed by atoms with Gasteiger partial charge in [0, 0.05) is 24.7 Å². The van der Waals surface area contributed by atoms with Crippen LogP contribution in [0.2, 0.25) is 0 Å². The molecule has 178 valence electrons. The lowest BCUT2D eigenvalue weighted by Gasteiger charge is -2.31. The van der Waals surface area contributed by atoms with E-state index in [1.54, 1.807) is 17.0 Å². The van der Waals surface area contributed by atoms with Crippen molar-refractivity contribution in [1.29, 1.82) is 0 Å². The van der Waals surface area contributed by atoms with Crippen LogP contribution in [0.3, 0.4) is 0 Å². The highest BCUT2D eigenvalue weighted by atomic mass is 35.5. The summed E-state index contributed by atoms with van der Waals surface area (Å²) in [5.74, 6) is 0.726. The van der Waals surface area contributed by atoms with Crippen LogP contribution >= 0.6 is 11.6 Å². The van der Waals surface area contributed by atoms with E-state index >= 15 is 0 Å². The molecule has 1 heterocycles. The summed E-state index contributed by atoms with van der Waals surface area (Å²) in [7, 11) is 0. The number of hydrogen-bond donors (Lipinski definition) is 1. The number of phenolic OH excluding ortho intramolecular Hbond substituents is 1. The largest absolute Gasteiger partial charge is 0.508 e. The quantitative estimate of drug-likeness (QED) is 0.422.